The van der Waals surface area contributed by atoms with Crippen molar-refractivity contribution in [3.8, 4) is 0 Å². The van der Waals surface area contributed by atoms with E-state index in [4.69, 9.17) is 5.21 Å². The van der Waals surface area contributed by atoms with Crippen molar-refractivity contribution in [3.05, 3.63) is 17.0 Å². The van der Waals surface area contributed by atoms with Gasteiger partial charge in [0.05, 0.1) is 0 Å². The molecule has 0 amide bonds. The van der Waals surface area contributed by atoms with Crippen LogP contribution >= 0.6 is 11.3 Å². The van der Waals surface area contributed by atoms with E-state index in [1.807, 2.05) is 0 Å². The third kappa shape index (κ3) is 1.78. The van der Waals surface area contributed by atoms with Gasteiger partial charge in [-0.1, -0.05) is 4.89 Å². The fraction of sp³-hybridized carbons (Fsp3) is 0.200. The van der Waals surface area contributed by atoms with Crippen LogP contribution in [-0.2, 0) is 10.0 Å². The second-order valence-electron chi connectivity index (χ2n) is 1.96. The highest BCUT2D eigenvalue weighted by molar-refractivity contribution is 7.91. The molecule has 1 heterocycles. The summed E-state index contributed by atoms with van der Waals surface area (Å²) >= 11 is 1.11. The van der Waals surface area contributed by atoms with Crippen LogP contribution in [0.15, 0.2) is 16.3 Å². The first-order valence-electron chi connectivity index (χ1n) is 2.78. The summed E-state index contributed by atoms with van der Waals surface area (Å²) in [5.74, 6) is 0. The summed E-state index contributed by atoms with van der Waals surface area (Å²) in [6.45, 7) is 1.79. The van der Waals surface area contributed by atoms with Gasteiger partial charge in [-0.15, -0.1) is 11.3 Å². The molecule has 0 bridgehead atoms. The number of sulfonamides is 1. The fourth-order valence-electron chi connectivity index (χ4n) is 0.602. The normalized spacial score (nSPS) is 11.8. The van der Waals surface area contributed by atoms with Crippen molar-refractivity contribution in [2.75, 3.05) is 0 Å². The Morgan fingerprint density at radius 2 is 2.18 bits per heavy atom. The number of nitrogens with one attached hydrogen (secondary N) is 1. The molecule has 0 atom stereocenters. The van der Waals surface area contributed by atoms with Crippen molar-refractivity contribution in [1.29, 1.82) is 0 Å². The van der Waals surface area contributed by atoms with Crippen LogP contribution in [0.3, 0.4) is 0 Å². The van der Waals surface area contributed by atoms with Crippen LogP contribution < -0.4 is 4.89 Å². The Balaban J connectivity index is 3.13. The summed E-state index contributed by atoms with van der Waals surface area (Å²) < 4.78 is 21.8. The van der Waals surface area contributed by atoms with Gasteiger partial charge in [0, 0.05) is 4.88 Å². The fourth-order valence-corrected chi connectivity index (χ4v) is 2.47. The van der Waals surface area contributed by atoms with Crippen molar-refractivity contribution in [2.24, 2.45) is 0 Å². The van der Waals surface area contributed by atoms with E-state index in [-0.39, 0.29) is 4.21 Å². The molecule has 0 saturated heterocycles. The van der Waals surface area contributed by atoms with Gasteiger partial charge in [-0.2, -0.15) is 0 Å². The van der Waals surface area contributed by atoms with Crippen molar-refractivity contribution in [2.45, 2.75) is 11.1 Å². The summed E-state index contributed by atoms with van der Waals surface area (Å²) in [6, 6.07) is 3.12. The highest BCUT2D eigenvalue weighted by Gasteiger charge is 2.13. The van der Waals surface area contributed by atoms with Gasteiger partial charge in [-0.25, -0.2) is 8.42 Å². The van der Waals surface area contributed by atoms with Crippen LogP contribution in [0, 0.1) is 6.92 Å². The number of thiophene rings is 1. The van der Waals surface area contributed by atoms with E-state index in [9.17, 15) is 8.42 Å². The molecule has 0 aliphatic rings. The molecule has 0 fully saturated rings. The van der Waals surface area contributed by atoms with Gasteiger partial charge in [0.15, 0.2) is 0 Å². The number of aryl methyl sites for hydroxylation is 1. The van der Waals surface area contributed by atoms with Gasteiger partial charge in [0.2, 0.25) is 0 Å². The molecule has 1 rings (SSSR count). The maximum Gasteiger partial charge on any atom is 0.271 e. The third-order valence-corrected chi connectivity index (χ3v) is 3.71. The molecule has 0 aliphatic heterocycles. The zero-order valence-electron chi connectivity index (χ0n) is 5.73. The molecule has 0 saturated carbocycles. The predicted octanol–water partition coefficient (Wildman–Crippen LogP) is 0.724. The molecular formula is C5H7NO3S2. The van der Waals surface area contributed by atoms with E-state index in [1.165, 1.54) is 11.0 Å². The van der Waals surface area contributed by atoms with Crippen LogP contribution in [0.2, 0.25) is 0 Å². The summed E-state index contributed by atoms with van der Waals surface area (Å²) in [5, 5.41) is 8.23. The number of hydrogen-bond acceptors (Lipinski definition) is 4. The minimum atomic E-state index is -3.65. The van der Waals surface area contributed by atoms with Crippen LogP contribution in [0.1, 0.15) is 4.88 Å². The zero-order chi connectivity index (χ0) is 8.48. The van der Waals surface area contributed by atoms with E-state index >= 15 is 0 Å². The van der Waals surface area contributed by atoms with E-state index in [0.717, 1.165) is 16.2 Å². The largest absolute Gasteiger partial charge is 0.302 e. The lowest BCUT2D eigenvalue weighted by Gasteiger charge is -1.94. The Bertz CT molecular complexity index is 340. The molecule has 2 N–H and O–H groups in total. The van der Waals surface area contributed by atoms with Crippen molar-refractivity contribution in [1.82, 2.24) is 4.89 Å². The summed E-state index contributed by atoms with van der Waals surface area (Å²) in [4.78, 5) is 2.14. The van der Waals surface area contributed by atoms with E-state index < -0.39 is 10.0 Å². The molecule has 6 heteroatoms. The van der Waals surface area contributed by atoms with Gasteiger partial charge in [-0.05, 0) is 19.1 Å². The number of rotatable bonds is 2. The van der Waals surface area contributed by atoms with Gasteiger partial charge in [0.1, 0.15) is 4.21 Å². The Hall–Kier alpha value is -0.430. The average Bonchev–Trinajstić information content (AvgIpc) is 2.36. The van der Waals surface area contributed by atoms with E-state index in [0.29, 0.717) is 0 Å². The lowest BCUT2D eigenvalue weighted by molar-refractivity contribution is 0.243. The molecule has 0 unspecified atom stereocenters. The summed E-state index contributed by atoms with van der Waals surface area (Å²) in [7, 11) is -3.65. The minimum absolute atomic E-state index is 0.123. The standard InChI is InChI=1S/C5H7NO3S2/c1-4-2-3-5(10-4)11(8,9)6-7/h2-3,6-7H,1H3. The first kappa shape index (κ1) is 8.66. The summed E-state index contributed by atoms with van der Waals surface area (Å²) in [6.07, 6.45) is 0. The Morgan fingerprint density at radius 3 is 2.55 bits per heavy atom. The predicted molar refractivity (Wildman–Crippen MR) is 41.2 cm³/mol. The SMILES string of the molecule is Cc1ccc(S(=O)(=O)NO)s1. The first-order chi connectivity index (χ1) is 5.06. The molecule has 4 nitrogen and oxygen atoms in total. The zero-order valence-corrected chi connectivity index (χ0v) is 7.37. The van der Waals surface area contributed by atoms with Crippen LogP contribution in [-0.4, -0.2) is 13.6 Å². The van der Waals surface area contributed by atoms with Crippen LogP contribution in [0.5, 0.6) is 0 Å². The Labute approximate surface area is 68.5 Å². The highest BCUT2D eigenvalue weighted by atomic mass is 32.2. The van der Waals surface area contributed by atoms with Crippen molar-refractivity contribution >= 4 is 21.4 Å². The smallest absolute Gasteiger partial charge is 0.271 e. The molecule has 11 heavy (non-hydrogen) atoms. The molecule has 1 aromatic rings. The van der Waals surface area contributed by atoms with Gasteiger partial charge < -0.3 is 5.21 Å². The molecule has 0 spiro atoms. The monoisotopic (exact) mass is 193 g/mol. The minimum Gasteiger partial charge on any atom is -0.302 e. The van der Waals surface area contributed by atoms with Crippen LogP contribution in [0.4, 0.5) is 0 Å². The molecule has 0 aromatic carbocycles. The van der Waals surface area contributed by atoms with E-state index in [1.54, 1.807) is 13.0 Å². The molecule has 62 valence electrons. The first-order valence-corrected chi connectivity index (χ1v) is 5.08. The van der Waals surface area contributed by atoms with Gasteiger partial charge in [0.25, 0.3) is 10.0 Å². The molecule has 0 radical (unpaired) electrons. The van der Waals surface area contributed by atoms with Crippen LogP contribution in [0.25, 0.3) is 0 Å². The topological polar surface area (TPSA) is 66.4 Å². The van der Waals surface area contributed by atoms with Gasteiger partial charge in [-0.3, -0.25) is 0 Å². The van der Waals surface area contributed by atoms with Crippen molar-refractivity contribution in [3.63, 3.8) is 0 Å². The molecule has 0 aliphatic carbocycles. The third-order valence-electron chi connectivity index (χ3n) is 1.10. The lowest BCUT2D eigenvalue weighted by Crippen LogP contribution is -2.17. The highest BCUT2D eigenvalue weighted by Crippen LogP contribution is 2.19. The van der Waals surface area contributed by atoms with Crippen molar-refractivity contribution < 1.29 is 13.6 Å². The lowest BCUT2D eigenvalue weighted by atomic mass is 10.5. The molecule has 1 aromatic heterocycles. The second-order valence-corrected chi connectivity index (χ2v) is 5.14. The second kappa shape index (κ2) is 2.90. The maximum absolute atomic E-state index is 10.9. The molecular weight excluding hydrogens is 186 g/mol. The average molecular weight is 193 g/mol. The maximum atomic E-state index is 10.9. The quantitative estimate of drug-likeness (QED) is 0.680. The van der Waals surface area contributed by atoms with E-state index in [2.05, 4.69) is 0 Å². The Morgan fingerprint density at radius 1 is 1.55 bits per heavy atom. The Kier molecular flexibility index (Phi) is 2.28. The number of hydrogen-bond donors (Lipinski definition) is 2. The summed E-state index contributed by atoms with van der Waals surface area (Å²) in [5.41, 5.74) is 0. The van der Waals surface area contributed by atoms with Gasteiger partial charge >= 0.3 is 0 Å².